The Bertz CT molecular complexity index is 632. The van der Waals surface area contributed by atoms with Gasteiger partial charge in [0.15, 0.2) is 0 Å². The predicted octanol–water partition coefficient (Wildman–Crippen LogP) is 2.13. The lowest BCUT2D eigenvalue weighted by Gasteiger charge is -2.39. The fourth-order valence-electron chi connectivity index (χ4n) is 6.35. The van der Waals surface area contributed by atoms with E-state index in [9.17, 15) is 9.59 Å². The third-order valence-electron chi connectivity index (χ3n) is 8.33. The van der Waals surface area contributed by atoms with Crippen LogP contribution >= 0.6 is 0 Å². The number of hydrogen-bond acceptors (Lipinski definition) is 6. The fourth-order valence-corrected chi connectivity index (χ4v) is 6.35. The third kappa shape index (κ3) is 11.0. The van der Waals surface area contributed by atoms with Crippen molar-refractivity contribution in [3.05, 3.63) is 0 Å². The number of nitrogens with one attached hydrogen (secondary N) is 1. The first-order valence-corrected chi connectivity index (χ1v) is 14.9. The first kappa shape index (κ1) is 29.3. The Morgan fingerprint density at radius 2 is 1.25 bits per heavy atom. The molecule has 208 valence electrons. The molecule has 4 heterocycles. The average molecular weight is 507 g/mol. The molecule has 3 N–H and O–H groups in total. The molecule has 4 saturated heterocycles. The lowest BCUT2D eigenvalue weighted by atomic mass is 9.95. The molecule has 0 radical (unpaired) electrons. The first-order valence-electron chi connectivity index (χ1n) is 14.9. The topological polar surface area (TPSA) is 85.2 Å². The van der Waals surface area contributed by atoms with E-state index in [-0.39, 0.29) is 17.9 Å². The molecule has 0 bridgehead atoms. The summed E-state index contributed by atoms with van der Waals surface area (Å²) in [6.45, 7) is 15.7. The second kappa shape index (κ2) is 15.9. The molecule has 4 fully saturated rings. The van der Waals surface area contributed by atoms with Gasteiger partial charge in [-0.15, -0.1) is 0 Å². The summed E-state index contributed by atoms with van der Waals surface area (Å²) in [5.41, 5.74) is 5.21. The maximum atomic E-state index is 11.8. The molecule has 8 nitrogen and oxygen atoms in total. The second-order valence-electron chi connectivity index (χ2n) is 11.9. The van der Waals surface area contributed by atoms with Crippen molar-refractivity contribution in [3.8, 4) is 0 Å². The van der Waals surface area contributed by atoms with Gasteiger partial charge in [0, 0.05) is 31.7 Å². The summed E-state index contributed by atoms with van der Waals surface area (Å²) in [6, 6.07) is 1.00. The molecule has 0 atom stereocenters. The van der Waals surface area contributed by atoms with Crippen molar-refractivity contribution in [1.82, 2.24) is 24.9 Å². The summed E-state index contributed by atoms with van der Waals surface area (Å²) >= 11 is 0. The number of carbonyl (C=O) groups excluding carboxylic acids is 2. The van der Waals surface area contributed by atoms with E-state index >= 15 is 0 Å². The molecule has 0 aromatic carbocycles. The third-order valence-corrected chi connectivity index (χ3v) is 8.33. The van der Waals surface area contributed by atoms with E-state index in [1.807, 2.05) is 13.8 Å². The van der Waals surface area contributed by atoms with E-state index in [2.05, 4.69) is 24.9 Å². The molecule has 0 unspecified atom stereocenters. The molecule has 0 aliphatic carbocycles. The van der Waals surface area contributed by atoms with Crippen LogP contribution in [0.5, 0.6) is 0 Å². The van der Waals surface area contributed by atoms with Gasteiger partial charge in [-0.1, -0.05) is 12.8 Å². The molecule has 0 spiro atoms. The zero-order valence-electron chi connectivity index (χ0n) is 23.3. The number of nitrogens with two attached hydrogens (primary N) is 1. The lowest BCUT2D eigenvalue weighted by molar-refractivity contribution is -0.123. The highest BCUT2D eigenvalue weighted by molar-refractivity contribution is 5.78. The highest BCUT2D eigenvalue weighted by atomic mass is 16.2. The van der Waals surface area contributed by atoms with Gasteiger partial charge in [-0.2, -0.15) is 0 Å². The number of carbonyl (C=O) groups is 2. The van der Waals surface area contributed by atoms with Crippen LogP contribution in [0, 0.1) is 5.92 Å². The highest BCUT2D eigenvalue weighted by Gasteiger charge is 2.26. The first-order chi connectivity index (χ1) is 17.4. The molecular weight excluding hydrogens is 452 g/mol. The summed E-state index contributed by atoms with van der Waals surface area (Å²) in [7, 11) is 0. The second-order valence-corrected chi connectivity index (χ2v) is 11.9. The molecule has 4 aliphatic rings. The van der Waals surface area contributed by atoms with E-state index < -0.39 is 0 Å². The SMILES string of the molecule is CC(C)NC(=O)CN1CCC(CN2CCCCC2)CC1.NC(=O)CN1CCC(N2CCCCC2)CC1. The number of rotatable bonds is 8. The minimum Gasteiger partial charge on any atom is -0.369 e. The molecule has 0 saturated carbocycles. The normalized spacial score (nSPS) is 24.3. The zero-order chi connectivity index (χ0) is 25.8. The average Bonchev–Trinajstić information content (AvgIpc) is 2.86. The summed E-state index contributed by atoms with van der Waals surface area (Å²) in [4.78, 5) is 32.4. The van der Waals surface area contributed by atoms with Crippen LogP contribution in [0.25, 0.3) is 0 Å². The number of likely N-dealkylation sites (tertiary alicyclic amines) is 4. The van der Waals surface area contributed by atoms with Crippen molar-refractivity contribution in [2.75, 3.05) is 72.0 Å². The van der Waals surface area contributed by atoms with E-state index in [0.717, 1.165) is 38.1 Å². The standard InChI is InChI=1S/C16H31N3O.C12H23N3O/c1-14(2)17-16(20)13-19-10-6-15(7-11-19)12-18-8-4-3-5-9-18;13-12(16)10-14-8-4-11(5-9-14)15-6-2-1-3-7-15/h14-15H,3-13H2,1-2H3,(H,17,20);11H,1-10H2,(H2,13,16). The molecular formula is C28H54N6O2. The number of piperidine rings is 4. The van der Waals surface area contributed by atoms with Crippen molar-refractivity contribution in [2.45, 2.75) is 90.1 Å². The Morgan fingerprint density at radius 3 is 1.81 bits per heavy atom. The van der Waals surface area contributed by atoms with E-state index in [1.165, 1.54) is 96.9 Å². The Morgan fingerprint density at radius 1 is 0.722 bits per heavy atom. The Labute approximate surface area is 220 Å². The van der Waals surface area contributed by atoms with Gasteiger partial charge in [-0.3, -0.25) is 19.4 Å². The van der Waals surface area contributed by atoms with Crippen LogP contribution in [0.15, 0.2) is 0 Å². The summed E-state index contributed by atoms with van der Waals surface area (Å²) < 4.78 is 0. The van der Waals surface area contributed by atoms with Crippen molar-refractivity contribution >= 4 is 11.8 Å². The van der Waals surface area contributed by atoms with E-state index in [0.29, 0.717) is 13.1 Å². The predicted molar refractivity (Wildman–Crippen MR) is 147 cm³/mol. The molecule has 4 aliphatic heterocycles. The smallest absolute Gasteiger partial charge is 0.234 e. The largest absolute Gasteiger partial charge is 0.369 e. The maximum Gasteiger partial charge on any atom is 0.234 e. The van der Waals surface area contributed by atoms with Crippen LogP contribution in [0.2, 0.25) is 0 Å². The Hall–Kier alpha value is -1.22. The Kier molecular flexibility index (Phi) is 13.0. The molecule has 4 rings (SSSR count). The van der Waals surface area contributed by atoms with E-state index in [4.69, 9.17) is 5.73 Å². The summed E-state index contributed by atoms with van der Waals surface area (Å²) in [5.74, 6) is 0.823. The van der Waals surface area contributed by atoms with Gasteiger partial charge in [-0.05, 0) is 110 Å². The van der Waals surface area contributed by atoms with Crippen LogP contribution < -0.4 is 11.1 Å². The molecule has 36 heavy (non-hydrogen) atoms. The lowest BCUT2D eigenvalue weighted by Crippen LogP contribution is -2.48. The van der Waals surface area contributed by atoms with Crippen LogP contribution in [0.3, 0.4) is 0 Å². The van der Waals surface area contributed by atoms with Gasteiger partial charge in [-0.25, -0.2) is 0 Å². The fraction of sp³-hybridized carbons (Fsp3) is 0.929. The maximum absolute atomic E-state index is 11.8. The van der Waals surface area contributed by atoms with Crippen LogP contribution in [0.1, 0.15) is 78.1 Å². The monoisotopic (exact) mass is 506 g/mol. The minimum absolute atomic E-state index is 0.175. The zero-order valence-corrected chi connectivity index (χ0v) is 23.3. The number of primary amides is 1. The van der Waals surface area contributed by atoms with Crippen LogP contribution in [-0.4, -0.2) is 115 Å². The number of amides is 2. The van der Waals surface area contributed by atoms with Crippen LogP contribution in [0.4, 0.5) is 0 Å². The van der Waals surface area contributed by atoms with Crippen molar-refractivity contribution in [3.63, 3.8) is 0 Å². The Balaban J connectivity index is 0.000000205. The van der Waals surface area contributed by atoms with Crippen molar-refractivity contribution in [1.29, 1.82) is 0 Å². The van der Waals surface area contributed by atoms with Gasteiger partial charge in [0.1, 0.15) is 0 Å². The quantitative estimate of drug-likeness (QED) is 0.525. The molecule has 2 amide bonds. The van der Waals surface area contributed by atoms with Crippen molar-refractivity contribution in [2.24, 2.45) is 11.7 Å². The van der Waals surface area contributed by atoms with Crippen LogP contribution in [-0.2, 0) is 9.59 Å². The highest BCUT2D eigenvalue weighted by Crippen LogP contribution is 2.21. The molecule has 0 aromatic heterocycles. The van der Waals surface area contributed by atoms with E-state index in [1.54, 1.807) is 0 Å². The van der Waals surface area contributed by atoms with Crippen molar-refractivity contribution < 1.29 is 9.59 Å². The number of hydrogen-bond donors (Lipinski definition) is 2. The van der Waals surface area contributed by atoms with Gasteiger partial charge in [0.2, 0.25) is 11.8 Å². The molecule has 8 heteroatoms. The van der Waals surface area contributed by atoms with Gasteiger partial charge >= 0.3 is 0 Å². The number of nitrogens with zero attached hydrogens (tertiary/aromatic N) is 4. The summed E-state index contributed by atoms with van der Waals surface area (Å²) in [6.07, 6.45) is 13.2. The van der Waals surface area contributed by atoms with Gasteiger partial charge in [0.25, 0.3) is 0 Å². The van der Waals surface area contributed by atoms with Gasteiger partial charge < -0.3 is 20.9 Å². The minimum atomic E-state index is -0.198. The van der Waals surface area contributed by atoms with Gasteiger partial charge in [0.05, 0.1) is 13.1 Å². The summed E-state index contributed by atoms with van der Waals surface area (Å²) in [5, 5.41) is 2.98. The molecule has 0 aromatic rings.